The summed E-state index contributed by atoms with van der Waals surface area (Å²) in [5.41, 5.74) is 2.00. The van der Waals surface area contributed by atoms with Gasteiger partial charge < -0.3 is 10.2 Å². The SMILES string of the molecule is O=C(Nc1ccc(Cl)cc1)N1CCC2(CCN(Cc3cccc(F)c3)CC2)C1. The first-order valence-corrected chi connectivity index (χ1v) is 10.2. The number of halogens is 2. The largest absolute Gasteiger partial charge is 0.324 e. The van der Waals surface area contributed by atoms with Gasteiger partial charge in [-0.3, -0.25) is 4.90 Å². The molecule has 0 atom stereocenters. The van der Waals surface area contributed by atoms with E-state index in [4.69, 9.17) is 11.6 Å². The molecule has 2 saturated heterocycles. The lowest BCUT2D eigenvalue weighted by Crippen LogP contribution is -2.42. The van der Waals surface area contributed by atoms with E-state index in [-0.39, 0.29) is 17.3 Å². The fourth-order valence-corrected chi connectivity index (χ4v) is 4.46. The van der Waals surface area contributed by atoms with Gasteiger partial charge in [0.2, 0.25) is 0 Å². The Hall–Kier alpha value is -2.11. The molecule has 0 aliphatic carbocycles. The number of nitrogens with zero attached hydrogens (tertiary/aromatic N) is 2. The molecular formula is C22H25ClFN3O. The maximum Gasteiger partial charge on any atom is 0.321 e. The standard InChI is InChI=1S/C22H25ClFN3O/c23-18-4-6-20(7-5-18)25-21(28)27-13-10-22(16-27)8-11-26(12-9-22)15-17-2-1-3-19(24)14-17/h1-7,14H,8-13,15-16H2,(H,25,28). The monoisotopic (exact) mass is 401 g/mol. The molecule has 0 aromatic heterocycles. The van der Waals surface area contributed by atoms with Crippen molar-refractivity contribution in [1.29, 1.82) is 0 Å². The van der Waals surface area contributed by atoms with Gasteiger partial charge in [-0.15, -0.1) is 0 Å². The molecule has 6 heteroatoms. The number of urea groups is 1. The molecule has 2 aromatic carbocycles. The third-order valence-corrected chi connectivity index (χ3v) is 6.28. The molecule has 2 fully saturated rings. The van der Waals surface area contributed by atoms with Crippen molar-refractivity contribution in [3.8, 4) is 0 Å². The molecule has 1 N–H and O–H groups in total. The number of hydrogen-bond donors (Lipinski definition) is 1. The van der Waals surface area contributed by atoms with Crippen LogP contribution in [0.15, 0.2) is 48.5 Å². The number of anilines is 1. The summed E-state index contributed by atoms with van der Waals surface area (Å²) in [6, 6.07) is 14.0. The Labute approximate surface area is 170 Å². The van der Waals surface area contributed by atoms with Crippen molar-refractivity contribution in [3.05, 3.63) is 64.9 Å². The molecule has 2 aliphatic heterocycles. The number of hydrogen-bond acceptors (Lipinski definition) is 2. The van der Waals surface area contributed by atoms with Crippen LogP contribution in [-0.4, -0.2) is 42.0 Å². The van der Waals surface area contributed by atoms with Crippen molar-refractivity contribution >= 4 is 23.3 Å². The van der Waals surface area contributed by atoms with E-state index in [9.17, 15) is 9.18 Å². The first-order chi connectivity index (χ1) is 13.5. The van der Waals surface area contributed by atoms with Gasteiger partial charge in [0, 0.05) is 30.3 Å². The summed E-state index contributed by atoms with van der Waals surface area (Å²) in [6.45, 7) is 4.37. The predicted octanol–water partition coefficient (Wildman–Crippen LogP) is 5.00. The first-order valence-electron chi connectivity index (χ1n) is 9.80. The van der Waals surface area contributed by atoms with Crippen LogP contribution < -0.4 is 5.32 Å². The molecule has 148 valence electrons. The minimum absolute atomic E-state index is 0.0404. The molecule has 0 radical (unpaired) electrons. The van der Waals surface area contributed by atoms with Gasteiger partial charge in [-0.05, 0) is 79.7 Å². The summed E-state index contributed by atoms with van der Waals surface area (Å²) >= 11 is 5.90. The second-order valence-corrected chi connectivity index (χ2v) is 8.45. The highest BCUT2D eigenvalue weighted by molar-refractivity contribution is 6.30. The summed E-state index contributed by atoms with van der Waals surface area (Å²) in [7, 11) is 0. The van der Waals surface area contributed by atoms with E-state index in [1.807, 2.05) is 23.1 Å². The Bertz CT molecular complexity index is 834. The van der Waals surface area contributed by atoms with Gasteiger partial charge in [0.15, 0.2) is 0 Å². The van der Waals surface area contributed by atoms with Crippen molar-refractivity contribution in [1.82, 2.24) is 9.80 Å². The minimum Gasteiger partial charge on any atom is -0.324 e. The van der Waals surface area contributed by atoms with Crippen molar-refractivity contribution in [2.24, 2.45) is 5.41 Å². The summed E-state index contributed by atoms with van der Waals surface area (Å²) in [4.78, 5) is 16.9. The molecule has 4 nitrogen and oxygen atoms in total. The topological polar surface area (TPSA) is 35.6 Å². The number of amides is 2. The summed E-state index contributed by atoms with van der Waals surface area (Å²) in [6.07, 6.45) is 3.20. The highest BCUT2D eigenvalue weighted by atomic mass is 35.5. The highest BCUT2D eigenvalue weighted by Gasteiger charge is 2.42. The third-order valence-electron chi connectivity index (χ3n) is 6.03. The van der Waals surface area contributed by atoms with E-state index in [1.165, 1.54) is 6.07 Å². The van der Waals surface area contributed by atoms with Crippen LogP contribution in [-0.2, 0) is 6.54 Å². The second kappa shape index (κ2) is 8.10. The van der Waals surface area contributed by atoms with Gasteiger partial charge >= 0.3 is 6.03 Å². The molecule has 28 heavy (non-hydrogen) atoms. The Morgan fingerprint density at radius 2 is 1.79 bits per heavy atom. The molecule has 0 bridgehead atoms. The van der Waals surface area contributed by atoms with Crippen LogP contribution in [0.2, 0.25) is 5.02 Å². The Balaban J connectivity index is 1.29. The fourth-order valence-electron chi connectivity index (χ4n) is 4.33. The van der Waals surface area contributed by atoms with Crippen LogP contribution in [0.25, 0.3) is 0 Å². The molecule has 0 unspecified atom stereocenters. The van der Waals surface area contributed by atoms with Gasteiger partial charge in [-0.2, -0.15) is 0 Å². The number of carbonyl (C=O) groups excluding carboxylic acids is 1. The van der Waals surface area contributed by atoms with Gasteiger partial charge in [0.1, 0.15) is 5.82 Å². The van der Waals surface area contributed by atoms with E-state index < -0.39 is 0 Å². The molecule has 2 amide bonds. The van der Waals surface area contributed by atoms with Crippen LogP contribution in [0.1, 0.15) is 24.8 Å². The van der Waals surface area contributed by atoms with E-state index in [1.54, 1.807) is 24.3 Å². The summed E-state index contributed by atoms with van der Waals surface area (Å²) < 4.78 is 13.4. The molecule has 0 saturated carbocycles. The summed E-state index contributed by atoms with van der Waals surface area (Å²) in [5.74, 6) is -0.177. The fraction of sp³-hybridized carbons (Fsp3) is 0.409. The van der Waals surface area contributed by atoms with Crippen molar-refractivity contribution in [2.75, 3.05) is 31.5 Å². The lowest BCUT2D eigenvalue weighted by Gasteiger charge is -2.39. The number of benzene rings is 2. The van der Waals surface area contributed by atoms with E-state index in [0.717, 1.165) is 63.2 Å². The Kier molecular flexibility index (Phi) is 5.56. The zero-order valence-corrected chi connectivity index (χ0v) is 16.6. The zero-order chi connectivity index (χ0) is 19.6. The van der Waals surface area contributed by atoms with E-state index in [2.05, 4.69) is 10.2 Å². The molecule has 4 rings (SSSR count). The average molecular weight is 402 g/mol. The normalized spacial score (nSPS) is 19.1. The lowest BCUT2D eigenvalue weighted by molar-refractivity contribution is 0.106. The molecular weight excluding hydrogens is 377 g/mol. The van der Waals surface area contributed by atoms with Gasteiger partial charge in [0.25, 0.3) is 0 Å². The molecule has 1 spiro atoms. The van der Waals surface area contributed by atoms with Crippen molar-refractivity contribution in [2.45, 2.75) is 25.8 Å². The van der Waals surface area contributed by atoms with Crippen LogP contribution in [0.4, 0.5) is 14.9 Å². The van der Waals surface area contributed by atoms with Crippen LogP contribution >= 0.6 is 11.6 Å². The van der Waals surface area contributed by atoms with E-state index in [0.29, 0.717) is 5.02 Å². The third kappa shape index (κ3) is 4.47. The number of nitrogens with one attached hydrogen (secondary N) is 1. The number of likely N-dealkylation sites (tertiary alicyclic amines) is 2. The first kappa shape index (κ1) is 19.2. The van der Waals surface area contributed by atoms with Gasteiger partial charge in [-0.25, -0.2) is 9.18 Å². The summed E-state index contributed by atoms with van der Waals surface area (Å²) in [5, 5.41) is 3.62. The van der Waals surface area contributed by atoms with Crippen LogP contribution in [0.5, 0.6) is 0 Å². The minimum atomic E-state index is -0.177. The van der Waals surface area contributed by atoms with Crippen LogP contribution in [0, 0.1) is 11.2 Å². The van der Waals surface area contributed by atoms with Crippen LogP contribution in [0.3, 0.4) is 0 Å². The smallest absolute Gasteiger partial charge is 0.321 e. The maximum atomic E-state index is 13.4. The van der Waals surface area contributed by atoms with Gasteiger partial charge in [-0.1, -0.05) is 23.7 Å². The number of piperidine rings is 1. The number of carbonyl (C=O) groups is 1. The van der Waals surface area contributed by atoms with Crippen molar-refractivity contribution < 1.29 is 9.18 Å². The van der Waals surface area contributed by atoms with E-state index >= 15 is 0 Å². The van der Waals surface area contributed by atoms with Crippen molar-refractivity contribution in [3.63, 3.8) is 0 Å². The Morgan fingerprint density at radius 3 is 2.50 bits per heavy atom. The number of rotatable bonds is 3. The average Bonchev–Trinajstić information content (AvgIpc) is 3.10. The lowest BCUT2D eigenvalue weighted by atomic mass is 9.77. The Morgan fingerprint density at radius 1 is 1.07 bits per heavy atom. The molecule has 2 aromatic rings. The second-order valence-electron chi connectivity index (χ2n) is 8.01. The highest BCUT2D eigenvalue weighted by Crippen LogP contribution is 2.40. The molecule has 2 heterocycles. The predicted molar refractivity (Wildman–Crippen MR) is 110 cm³/mol. The molecule has 2 aliphatic rings. The zero-order valence-electron chi connectivity index (χ0n) is 15.8. The maximum absolute atomic E-state index is 13.4. The quantitative estimate of drug-likeness (QED) is 0.785. The van der Waals surface area contributed by atoms with Gasteiger partial charge in [0.05, 0.1) is 0 Å².